The number of thiazole rings is 1. The van der Waals surface area contributed by atoms with Crippen molar-refractivity contribution >= 4 is 44.5 Å². The number of carbonyl (C=O) groups excluding carboxylic acids is 1. The first-order valence-electron chi connectivity index (χ1n) is 11.9. The molecule has 0 bridgehead atoms. The van der Waals surface area contributed by atoms with Crippen LogP contribution in [0, 0.1) is 6.92 Å². The van der Waals surface area contributed by atoms with Gasteiger partial charge in [-0.05, 0) is 70.0 Å². The van der Waals surface area contributed by atoms with Crippen molar-refractivity contribution in [1.29, 1.82) is 0 Å². The zero-order valence-electron chi connectivity index (χ0n) is 20.6. The highest BCUT2D eigenvalue weighted by Gasteiger charge is 2.38. The summed E-state index contributed by atoms with van der Waals surface area (Å²) in [6.45, 7) is 5.47. The van der Waals surface area contributed by atoms with E-state index in [1.54, 1.807) is 38.2 Å². The van der Waals surface area contributed by atoms with E-state index in [4.69, 9.17) is 4.74 Å². The molecule has 4 aromatic rings. The Morgan fingerprint density at radius 2 is 1.84 bits per heavy atom. The highest BCUT2D eigenvalue weighted by Crippen LogP contribution is 2.42. The van der Waals surface area contributed by atoms with Gasteiger partial charge in [0.25, 0.3) is 0 Å². The van der Waals surface area contributed by atoms with Crippen molar-refractivity contribution in [1.82, 2.24) is 15.2 Å². The Bertz CT molecular complexity index is 1540. The number of nitrogens with zero attached hydrogens (tertiary/aromatic N) is 2. The van der Waals surface area contributed by atoms with Crippen LogP contribution in [0.5, 0.6) is 0 Å². The molecular weight excluding hydrogens is 510 g/mol. The molecule has 5 rings (SSSR count). The summed E-state index contributed by atoms with van der Waals surface area (Å²) < 4.78 is 31.8. The van der Waals surface area contributed by atoms with E-state index in [1.165, 1.54) is 11.3 Å². The van der Waals surface area contributed by atoms with Gasteiger partial charge < -0.3 is 10.1 Å². The SMILES string of the molecule is Cc1cc(Nc2ccc(-c3cnc(-c4ccc(NC(=O)OC(C)C)cc4)s3)c(S(=O)(=O)C3CC3)c2)n[nH]1. The molecule has 1 amide bonds. The number of anilines is 3. The van der Waals surface area contributed by atoms with Gasteiger partial charge in [-0.1, -0.05) is 6.07 Å². The topological polar surface area (TPSA) is 126 Å². The number of benzene rings is 2. The van der Waals surface area contributed by atoms with E-state index in [2.05, 4.69) is 25.8 Å². The molecule has 3 N–H and O–H groups in total. The number of sulfone groups is 1. The highest BCUT2D eigenvalue weighted by molar-refractivity contribution is 7.92. The Morgan fingerprint density at radius 1 is 1.11 bits per heavy atom. The summed E-state index contributed by atoms with van der Waals surface area (Å²) in [6.07, 6.45) is 2.34. The van der Waals surface area contributed by atoms with Gasteiger partial charge in [0.15, 0.2) is 15.7 Å². The highest BCUT2D eigenvalue weighted by atomic mass is 32.2. The van der Waals surface area contributed by atoms with Crippen molar-refractivity contribution in [3.63, 3.8) is 0 Å². The molecule has 0 saturated heterocycles. The number of hydrogen-bond donors (Lipinski definition) is 3. The summed E-state index contributed by atoms with van der Waals surface area (Å²) in [7, 11) is -3.48. The Morgan fingerprint density at radius 3 is 2.49 bits per heavy atom. The summed E-state index contributed by atoms with van der Waals surface area (Å²) in [4.78, 5) is 17.4. The minimum atomic E-state index is -3.48. The van der Waals surface area contributed by atoms with E-state index in [0.29, 0.717) is 40.5 Å². The summed E-state index contributed by atoms with van der Waals surface area (Å²) in [6, 6.07) is 14.5. The van der Waals surface area contributed by atoms with Crippen LogP contribution in [-0.2, 0) is 14.6 Å². The molecule has 0 atom stereocenters. The predicted molar refractivity (Wildman–Crippen MR) is 145 cm³/mol. The molecule has 0 radical (unpaired) electrons. The van der Waals surface area contributed by atoms with Gasteiger partial charge in [-0.15, -0.1) is 11.3 Å². The molecule has 192 valence electrons. The molecule has 1 aliphatic carbocycles. The quantitative estimate of drug-likeness (QED) is 0.246. The van der Waals surface area contributed by atoms with Gasteiger partial charge in [0.2, 0.25) is 0 Å². The second-order valence-electron chi connectivity index (χ2n) is 9.20. The van der Waals surface area contributed by atoms with Crippen LogP contribution < -0.4 is 10.6 Å². The van der Waals surface area contributed by atoms with Crippen molar-refractivity contribution in [2.24, 2.45) is 0 Å². The molecule has 0 aliphatic heterocycles. The normalized spacial score (nSPS) is 13.5. The van der Waals surface area contributed by atoms with Crippen LogP contribution in [0.2, 0.25) is 0 Å². The van der Waals surface area contributed by atoms with Crippen LogP contribution in [0.15, 0.2) is 59.6 Å². The molecule has 0 spiro atoms. The predicted octanol–water partition coefficient (Wildman–Crippen LogP) is 6.15. The minimum absolute atomic E-state index is 0.207. The third-order valence-corrected chi connectivity index (χ3v) is 9.10. The number of ether oxygens (including phenoxy) is 1. The molecule has 37 heavy (non-hydrogen) atoms. The molecular formula is C26H27N5O4S2. The number of H-pyrrole nitrogens is 1. The van der Waals surface area contributed by atoms with Crippen LogP contribution in [0.25, 0.3) is 21.0 Å². The monoisotopic (exact) mass is 537 g/mol. The lowest BCUT2D eigenvalue weighted by Gasteiger charge is -2.12. The molecule has 2 aromatic carbocycles. The van der Waals surface area contributed by atoms with E-state index in [1.807, 2.05) is 37.3 Å². The fourth-order valence-corrected chi connectivity index (χ4v) is 6.73. The van der Waals surface area contributed by atoms with Gasteiger partial charge in [-0.2, -0.15) is 5.10 Å². The first-order valence-corrected chi connectivity index (χ1v) is 14.3. The minimum Gasteiger partial charge on any atom is -0.447 e. The lowest BCUT2D eigenvalue weighted by molar-refractivity contribution is 0.130. The van der Waals surface area contributed by atoms with Crippen LogP contribution in [0.3, 0.4) is 0 Å². The Hall–Kier alpha value is -3.70. The zero-order chi connectivity index (χ0) is 26.2. The Balaban J connectivity index is 1.42. The molecule has 0 unspecified atom stereocenters. The van der Waals surface area contributed by atoms with Crippen molar-refractivity contribution < 1.29 is 17.9 Å². The van der Waals surface area contributed by atoms with Crippen LogP contribution in [-0.4, -0.2) is 41.0 Å². The summed E-state index contributed by atoms with van der Waals surface area (Å²) in [5.74, 6) is 0.621. The number of aromatic amines is 1. The lowest BCUT2D eigenvalue weighted by Crippen LogP contribution is -2.17. The van der Waals surface area contributed by atoms with Crippen molar-refractivity contribution in [2.45, 2.75) is 49.9 Å². The lowest BCUT2D eigenvalue weighted by atomic mass is 10.2. The van der Waals surface area contributed by atoms with Gasteiger partial charge >= 0.3 is 6.09 Å². The van der Waals surface area contributed by atoms with Gasteiger partial charge in [0, 0.05) is 40.5 Å². The fraction of sp³-hybridized carbons (Fsp3) is 0.269. The number of aryl methyl sites for hydroxylation is 1. The van der Waals surface area contributed by atoms with Crippen molar-refractivity contribution in [3.05, 3.63) is 60.4 Å². The average molecular weight is 538 g/mol. The van der Waals surface area contributed by atoms with Gasteiger partial charge in [0.05, 0.1) is 21.1 Å². The zero-order valence-corrected chi connectivity index (χ0v) is 22.2. The smallest absolute Gasteiger partial charge is 0.411 e. The Kier molecular flexibility index (Phi) is 6.74. The molecule has 2 aromatic heterocycles. The summed E-state index contributed by atoms with van der Waals surface area (Å²) in [5, 5.41) is 13.3. The second kappa shape index (κ2) is 9.98. The summed E-state index contributed by atoms with van der Waals surface area (Å²) in [5.41, 5.74) is 3.66. The maximum atomic E-state index is 13.4. The second-order valence-corrected chi connectivity index (χ2v) is 12.4. The van der Waals surface area contributed by atoms with E-state index >= 15 is 0 Å². The number of carbonyl (C=O) groups is 1. The van der Waals surface area contributed by atoms with E-state index in [9.17, 15) is 13.2 Å². The summed E-state index contributed by atoms with van der Waals surface area (Å²) >= 11 is 1.42. The standard InChI is InChI=1S/C26H27N5O4S2/c1-15(2)35-26(32)29-18-6-4-17(5-7-18)25-27-14-22(36-25)21-11-8-19(28-24-12-16(3)30-31-24)13-23(21)37(33,34)20-9-10-20/h4-8,11-15,20H,9-10H2,1-3H3,(H,29,32)(H2,28,30,31). The molecule has 1 saturated carbocycles. The van der Waals surface area contributed by atoms with Gasteiger partial charge in [-0.3, -0.25) is 10.4 Å². The maximum absolute atomic E-state index is 13.4. The van der Waals surface area contributed by atoms with Gasteiger partial charge in [0.1, 0.15) is 5.01 Å². The van der Waals surface area contributed by atoms with E-state index < -0.39 is 15.9 Å². The van der Waals surface area contributed by atoms with E-state index in [0.717, 1.165) is 21.1 Å². The molecule has 2 heterocycles. The largest absolute Gasteiger partial charge is 0.447 e. The number of aromatic nitrogens is 3. The van der Waals surface area contributed by atoms with Crippen molar-refractivity contribution in [3.8, 4) is 21.0 Å². The maximum Gasteiger partial charge on any atom is 0.411 e. The number of rotatable bonds is 8. The molecule has 11 heteroatoms. The third kappa shape index (κ3) is 5.67. The Labute approximate surface area is 219 Å². The first kappa shape index (κ1) is 25.0. The van der Waals surface area contributed by atoms with Gasteiger partial charge in [-0.25, -0.2) is 18.2 Å². The molecule has 1 aliphatic rings. The van der Waals surface area contributed by atoms with Crippen LogP contribution >= 0.6 is 11.3 Å². The number of hydrogen-bond acceptors (Lipinski definition) is 8. The molecule has 1 fully saturated rings. The first-order chi connectivity index (χ1) is 17.7. The molecule has 9 nitrogen and oxygen atoms in total. The number of nitrogens with one attached hydrogen (secondary N) is 3. The van der Waals surface area contributed by atoms with Crippen LogP contribution in [0.4, 0.5) is 22.0 Å². The average Bonchev–Trinajstić information content (AvgIpc) is 3.48. The third-order valence-electron chi connectivity index (χ3n) is 5.72. The number of amides is 1. The fourth-order valence-electron chi connectivity index (χ4n) is 3.82. The van der Waals surface area contributed by atoms with Crippen molar-refractivity contribution in [2.75, 3.05) is 10.6 Å². The van der Waals surface area contributed by atoms with E-state index in [-0.39, 0.29) is 11.4 Å². The van der Waals surface area contributed by atoms with Crippen LogP contribution in [0.1, 0.15) is 32.4 Å².